The SMILES string of the molecule is CC(C)c1ccnc2c1NCN2. The van der Waals surface area contributed by atoms with Gasteiger partial charge in [-0.15, -0.1) is 0 Å². The van der Waals surface area contributed by atoms with E-state index in [-0.39, 0.29) is 0 Å². The summed E-state index contributed by atoms with van der Waals surface area (Å²) in [4.78, 5) is 4.23. The first kappa shape index (κ1) is 7.40. The summed E-state index contributed by atoms with van der Waals surface area (Å²) in [6.07, 6.45) is 1.86. The van der Waals surface area contributed by atoms with Gasteiger partial charge in [0.15, 0.2) is 5.82 Å². The van der Waals surface area contributed by atoms with E-state index in [1.165, 1.54) is 11.3 Å². The Balaban J connectivity index is 2.49. The van der Waals surface area contributed by atoms with Crippen LogP contribution in [0.5, 0.6) is 0 Å². The molecule has 0 saturated heterocycles. The molecule has 0 unspecified atom stereocenters. The largest absolute Gasteiger partial charge is 0.365 e. The van der Waals surface area contributed by atoms with Gasteiger partial charge in [0.25, 0.3) is 0 Å². The molecule has 0 aromatic carbocycles. The molecule has 0 saturated carbocycles. The number of rotatable bonds is 1. The Hall–Kier alpha value is -1.25. The molecule has 0 radical (unpaired) electrons. The van der Waals surface area contributed by atoms with Crippen LogP contribution in [-0.4, -0.2) is 11.7 Å². The van der Waals surface area contributed by atoms with Crippen LogP contribution >= 0.6 is 0 Å². The van der Waals surface area contributed by atoms with Gasteiger partial charge >= 0.3 is 0 Å². The summed E-state index contributed by atoms with van der Waals surface area (Å²) in [6, 6.07) is 2.07. The van der Waals surface area contributed by atoms with E-state index in [4.69, 9.17) is 0 Å². The van der Waals surface area contributed by atoms with E-state index in [2.05, 4.69) is 35.5 Å². The summed E-state index contributed by atoms with van der Waals surface area (Å²) in [6.45, 7) is 5.18. The molecule has 0 aliphatic carbocycles. The second kappa shape index (κ2) is 2.66. The highest BCUT2D eigenvalue weighted by atomic mass is 15.2. The standard InChI is InChI=1S/C9H13N3/c1-6(2)7-3-4-10-9-8(7)11-5-12-9/h3-4,6,11H,5H2,1-2H3,(H,10,12). The Bertz CT molecular complexity index is 294. The van der Waals surface area contributed by atoms with Gasteiger partial charge in [0, 0.05) is 6.20 Å². The highest BCUT2D eigenvalue weighted by Gasteiger charge is 2.15. The zero-order chi connectivity index (χ0) is 8.55. The first-order valence-electron chi connectivity index (χ1n) is 4.25. The number of fused-ring (bicyclic) bond motifs is 1. The van der Waals surface area contributed by atoms with Gasteiger partial charge in [-0.3, -0.25) is 0 Å². The molecule has 1 aliphatic rings. The third kappa shape index (κ3) is 1.02. The number of hydrogen-bond donors (Lipinski definition) is 2. The summed E-state index contributed by atoms with van der Waals surface area (Å²) < 4.78 is 0. The molecule has 2 heterocycles. The Labute approximate surface area is 72.2 Å². The summed E-state index contributed by atoms with van der Waals surface area (Å²) >= 11 is 0. The van der Waals surface area contributed by atoms with Gasteiger partial charge in [-0.1, -0.05) is 13.8 Å². The van der Waals surface area contributed by atoms with Gasteiger partial charge in [-0.2, -0.15) is 0 Å². The zero-order valence-electron chi connectivity index (χ0n) is 7.39. The minimum absolute atomic E-state index is 0.550. The zero-order valence-corrected chi connectivity index (χ0v) is 7.39. The predicted octanol–water partition coefficient (Wildman–Crippen LogP) is 2.00. The van der Waals surface area contributed by atoms with Crippen molar-refractivity contribution in [2.45, 2.75) is 19.8 Å². The van der Waals surface area contributed by atoms with Crippen LogP contribution in [0.1, 0.15) is 25.3 Å². The van der Waals surface area contributed by atoms with Crippen LogP contribution in [0.4, 0.5) is 11.5 Å². The highest BCUT2D eigenvalue weighted by Crippen LogP contribution is 2.31. The van der Waals surface area contributed by atoms with E-state index in [1.807, 2.05) is 6.20 Å². The smallest absolute Gasteiger partial charge is 0.151 e. The third-order valence-electron chi connectivity index (χ3n) is 2.13. The van der Waals surface area contributed by atoms with Crippen molar-refractivity contribution in [1.29, 1.82) is 0 Å². The summed E-state index contributed by atoms with van der Waals surface area (Å²) in [5, 5.41) is 6.45. The molecular weight excluding hydrogens is 150 g/mol. The second-order valence-corrected chi connectivity index (χ2v) is 3.31. The molecule has 1 aromatic heterocycles. The number of pyridine rings is 1. The normalized spacial score (nSPS) is 13.9. The number of hydrogen-bond acceptors (Lipinski definition) is 3. The van der Waals surface area contributed by atoms with Crippen molar-refractivity contribution in [3.63, 3.8) is 0 Å². The first-order chi connectivity index (χ1) is 5.79. The number of anilines is 2. The Morgan fingerprint density at radius 2 is 2.25 bits per heavy atom. The molecule has 3 nitrogen and oxygen atoms in total. The fourth-order valence-electron chi connectivity index (χ4n) is 1.49. The van der Waals surface area contributed by atoms with Gasteiger partial charge in [-0.05, 0) is 17.5 Å². The monoisotopic (exact) mass is 163 g/mol. The lowest BCUT2D eigenvalue weighted by Gasteiger charge is -2.09. The number of aromatic nitrogens is 1. The van der Waals surface area contributed by atoms with E-state index < -0.39 is 0 Å². The Kier molecular flexibility index (Phi) is 1.64. The van der Waals surface area contributed by atoms with Crippen molar-refractivity contribution in [1.82, 2.24) is 4.98 Å². The summed E-state index contributed by atoms with van der Waals surface area (Å²) in [5.41, 5.74) is 2.51. The molecule has 0 amide bonds. The fraction of sp³-hybridized carbons (Fsp3) is 0.444. The van der Waals surface area contributed by atoms with E-state index >= 15 is 0 Å². The fourth-order valence-corrected chi connectivity index (χ4v) is 1.49. The summed E-state index contributed by atoms with van der Waals surface area (Å²) in [7, 11) is 0. The van der Waals surface area contributed by atoms with E-state index in [9.17, 15) is 0 Å². The van der Waals surface area contributed by atoms with E-state index in [0.717, 1.165) is 12.5 Å². The highest BCUT2D eigenvalue weighted by molar-refractivity contribution is 5.73. The van der Waals surface area contributed by atoms with Crippen LogP contribution in [0.25, 0.3) is 0 Å². The van der Waals surface area contributed by atoms with Gasteiger partial charge in [0.1, 0.15) is 0 Å². The second-order valence-electron chi connectivity index (χ2n) is 3.31. The maximum absolute atomic E-state index is 4.23. The molecule has 0 spiro atoms. The van der Waals surface area contributed by atoms with E-state index in [0.29, 0.717) is 5.92 Å². The van der Waals surface area contributed by atoms with Crippen molar-refractivity contribution in [3.8, 4) is 0 Å². The van der Waals surface area contributed by atoms with Gasteiger partial charge in [0.2, 0.25) is 0 Å². The molecule has 0 bridgehead atoms. The number of nitrogens with zero attached hydrogens (tertiary/aromatic N) is 1. The summed E-state index contributed by atoms with van der Waals surface area (Å²) in [5.74, 6) is 1.54. The minimum Gasteiger partial charge on any atom is -0.365 e. The molecule has 64 valence electrons. The Morgan fingerprint density at radius 1 is 1.42 bits per heavy atom. The Morgan fingerprint density at radius 3 is 3.00 bits per heavy atom. The molecule has 0 fully saturated rings. The molecule has 3 heteroatoms. The van der Waals surface area contributed by atoms with Crippen molar-refractivity contribution >= 4 is 11.5 Å². The molecule has 12 heavy (non-hydrogen) atoms. The molecular formula is C9H13N3. The van der Waals surface area contributed by atoms with Crippen LogP contribution in [0.2, 0.25) is 0 Å². The third-order valence-corrected chi connectivity index (χ3v) is 2.13. The number of nitrogens with one attached hydrogen (secondary N) is 2. The van der Waals surface area contributed by atoms with Crippen molar-refractivity contribution in [3.05, 3.63) is 17.8 Å². The van der Waals surface area contributed by atoms with Gasteiger partial charge in [0.05, 0.1) is 12.4 Å². The average molecular weight is 163 g/mol. The van der Waals surface area contributed by atoms with Gasteiger partial charge in [-0.25, -0.2) is 4.98 Å². The van der Waals surface area contributed by atoms with Gasteiger partial charge < -0.3 is 10.6 Å². The lowest BCUT2D eigenvalue weighted by molar-refractivity contribution is 0.867. The van der Waals surface area contributed by atoms with Crippen molar-refractivity contribution in [2.24, 2.45) is 0 Å². The van der Waals surface area contributed by atoms with Crippen molar-refractivity contribution in [2.75, 3.05) is 17.3 Å². The van der Waals surface area contributed by atoms with Crippen LogP contribution in [-0.2, 0) is 0 Å². The van der Waals surface area contributed by atoms with E-state index in [1.54, 1.807) is 0 Å². The van der Waals surface area contributed by atoms with Crippen LogP contribution < -0.4 is 10.6 Å². The molecule has 1 aliphatic heterocycles. The maximum Gasteiger partial charge on any atom is 0.151 e. The topological polar surface area (TPSA) is 37.0 Å². The van der Waals surface area contributed by atoms with Crippen LogP contribution in [0.15, 0.2) is 12.3 Å². The quantitative estimate of drug-likeness (QED) is 0.665. The molecule has 2 N–H and O–H groups in total. The van der Waals surface area contributed by atoms with Crippen LogP contribution in [0, 0.1) is 0 Å². The average Bonchev–Trinajstić information content (AvgIpc) is 2.49. The van der Waals surface area contributed by atoms with Crippen molar-refractivity contribution < 1.29 is 0 Å². The lowest BCUT2D eigenvalue weighted by atomic mass is 10.0. The molecule has 0 atom stereocenters. The lowest BCUT2D eigenvalue weighted by Crippen LogP contribution is -2.00. The molecule has 1 aromatic rings. The molecule has 2 rings (SSSR count). The minimum atomic E-state index is 0.550. The maximum atomic E-state index is 4.23. The first-order valence-corrected chi connectivity index (χ1v) is 4.25. The van der Waals surface area contributed by atoms with Crippen LogP contribution in [0.3, 0.4) is 0 Å². The predicted molar refractivity (Wildman–Crippen MR) is 50.4 cm³/mol.